The first-order valence-corrected chi connectivity index (χ1v) is 6.37. The molecule has 0 heterocycles. The van der Waals surface area contributed by atoms with Crippen molar-refractivity contribution in [3.8, 4) is 0 Å². The van der Waals surface area contributed by atoms with Crippen LogP contribution in [0.4, 0.5) is 11.4 Å². The van der Waals surface area contributed by atoms with Crippen molar-refractivity contribution >= 4 is 17.3 Å². The fraction of sp³-hybridized carbons (Fsp3) is 0.188. The highest BCUT2D eigenvalue weighted by Gasteiger charge is 2.10. The predicted octanol–water partition coefficient (Wildman–Crippen LogP) is 3.39. The first kappa shape index (κ1) is 13.1. The van der Waals surface area contributed by atoms with Gasteiger partial charge in [0.1, 0.15) is 0 Å². The number of nitrogens with one attached hydrogen (secondary N) is 1. The van der Waals surface area contributed by atoms with Gasteiger partial charge in [0.2, 0.25) is 0 Å². The smallest absolute Gasteiger partial charge is 0.256 e. The Morgan fingerprint density at radius 2 is 1.95 bits per heavy atom. The molecule has 0 atom stereocenters. The van der Waals surface area contributed by atoms with Crippen LogP contribution in [-0.4, -0.2) is 5.91 Å². The van der Waals surface area contributed by atoms with Crippen LogP contribution in [0.1, 0.15) is 28.4 Å². The number of anilines is 2. The van der Waals surface area contributed by atoms with Gasteiger partial charge in [0.05, 0.1) is 0 Å². The van der Waals surface area contributed by atoms with E-state index in [1.54, 1.807) is 18.2 Å². The van der Waals surface area contributed by atoms with E-state index < -0.39 is 0 Å². The maximum atomic E-state index is 12.2. The summed E-state index contributed by atoms with van der Waals surface area (Å²) in [5.74, 6) is -0.127. The van der Waals surface area contributed by atoms with Gasteiger partial charge in [-0.15, -0.1) is 0 Å². The highest BCUT2D eigenvalue weighted by atomic mass is 16.1. The second-order valence-corrected chi connectivity index (χ2v) is 4.53. The van der Waals surface area contributed by atoms with E-state index in [2.05, 4.69) is 12.2 Å². The minimum Gasteiger partial charge on any atom is -0.398 e. The van der Waals surface area contributed by atoms with Crippen LogP contribution in [0.25, 0.3) is 0 Å². The summed E-state index contributed by atoms with van der Waals surface area (Å²) in [6.07, 6.45) is 0.945. The minimum atomic E-state index is -0.127. The monoisotopic (exact) mass is 254 g/mol. The van der Waals surface area contributed by atoms with Gasteiger partial charge in [0, 0.05) is 16.9 Å². The van der Waals surface area contributed by atoms with Crippen molar-refractivity contribution in [1.29, 1.82) is 0 Å². The predicted molar refractivity (Wildman–Crippen MR) is 79.4 cm³/mol. The average molecular weight is 254 g/mol. The number of rotatable bonds is 3. The third-order valence-electron chi connectivity index (χ3n) is 3.21. The molecule has 0 saturated carbocycles. The first-order chi connectivity index (χ1) is 9.11. The van der Waals surface area contributed by atoms with Gasteiger partial charge < -0.3 is 11.1 Å². The second-order valence-electron chi connectivity index (χ2n) is 4.53. The number of nitrogens with two attached hydrogens (primary N) is 1. The quantitative estimate of drug-likeness (QED) is 0.825. The molecule has 3 heteroatoms. The third kappa shape index (κ3) is 2.94. The summed E-state index contributed by atoms with van der Waals surface area (Å²) in [7, 11) is 0. The van der Waals surface area contributed by atoms with Crippen LogP contribution in [0.3, 0.4) is 0 Å². The molecule has 98 valence electrons. The van der Waals surface area contributed by atoms with Crippen molar-refractivity contribution in [2.45, 2.75) is 20.3 Å². The van der Waals surface area contributed by atoms with E-state index in [9.17, 15) is 4.79 Å². The maximum absolute atomic E-state index is 12.2. The molecule has 0 radical (unpaired) electrons. The van der Waals surface area contributed by atoms with E-state index in [1.807, 2.05) is 31.2 Å². The van der Waals surface area contributed by atoms with E-state index in [-0.39, 0.29) is 5.91 Å². The minimum absolute atomic E-state index is 0.127. The molecule has 19 heavy (non-hydrogen) atoms. The molecule has 3 N–H and O–H groups in total. The molecule has 0 aromatic heterocycles. The molecule has 1 amide bonds. The lowest BCUT2D eigenvalue weighted by atomic mass is 10.1. The number of nitrogen functional groups attached to an aromatic ring is 1. The fourth-order valence-corrected chi connectivity index (χ4v) is 1.97. The SMILES string of the molecule is CCc1cccc(NC(=O)c2cccc(N)c2C)c1. The number of amides is 1. The number of carbonyl (C=O) groups is 1. The fourth-order valence-electron chi connectivity index (χ4n) is 1.97. The Kier molecular flexibility index (Phi) is 3.85. The van der Waals surface area contributed by atoms with Gasteiger partial charge in [-0.2, -0.15) is 0 Å². The molecule has 0 unspecified atom stereocenters. The molecule has 2 aromatic carbocycles. The summed E-state index contributed by atoms with van der Waals surface area (Å²) in [6, 6.07) is 13.2. The molecule has 0 saturated heterocycles. The topological polar surface area (TPSA) is 55.1 Å². The molecule has 0 bridgehead atoms. The van der Waals surface area contributed by atoms with E-state index in [1.165, 1.54) is 5.56 Å². The van der Waals surface area contributed by atoms with Crippen molar-refractivity contribution in [2.75, 3.05) is 11.1 Å². The summed E-state index contributed by atoms with van der Waals surface area (Å²) in [5, 5.41) is 2.91. The van der Waals surface area contributed by atoms with Gasteiger partial charge >= 0.3 is 0 Å². The number of hydrogen-bond acceptors (Lipinski definition) is 2. The van der Waals surface area contributed by atoms with Gasteiger partial charge in [0.15, 0.2) is 0 Å². The van der Waals surface area contributed by atoms with Crippen LogP contribution in [0.5, 0.6) is 0 Å². The van der Waals surface area contributed by atoms with E-state index in [4.69, 9.17) is 5.73 Å². The number of aryl methyl sites for hydroxylation is 1. The summed E-state index contributed by atoms with van der Waals surface area (Å²) in [5.41, 5.74) is 9.88. The van der Waals surface area contributed by atoms with Crippen LogP contribution < -0.4 is 11.1 Å². The molecular weight excluding hydrogens is 236 g/mol. The van der Waals surface area contributed by atoms with E-state index >= 15 is 0 Å². The van der Waals surface area contributed by atoms with Crippen molar-refractivity contribution in [3.05, 3.63) is 59.2 Å². The molecule has 0 aliphatic carbocycles. The zero-order valence-electron chi connectivity index (χ0n) is 11.2. The van der Waals surface area contributed by atoms with Crippen LogP contribution >= 0.6 is 0 Å². The average Bonchev–Trinajstić information content (AvgIpc) is 2.42. The Balaban J connectivity index is 2.23. The zero-order chi connectivity index (χ0) is 13.8. The van der Waals surface area contributed by atoms with Crippen molar-refractivity contribution < 1.29 is 4.79 Å². The van der Waals surface area contributed by atoms with E-state index in [0.29, 0.717) is 11.3 Å². The summed E-state index contributed by atoms with van der Waals surface area (Å²) < 4.78 is 0. The van der Waals surface area contributed by atoms with Crippen molar-refractivity contribution in [1.82, 2.24) is 0 Å². The van der Waals surface area contributed by atoms with Crippen LogP contribution in [0.2, 0.25) is 0 Å². The van der Waals surface area contributed by atoms with Crippen molar-refractivity contribution in [2.24, 2.45) is 0 Å². The summed E-state index contributed by atoms with van der Waals surface area (Å²) in [4.78, 5) is 12.2. The standard InChI is InChI=1S/C16H18N2O/c1-3-12-6-4-7-13(10-12)18-16(19)14-8-5-9-15(17)11(14)2/h4-10H,3,17H2,1-2H3,(H,18,19). The van der Waals surface area contributed by atoms with Crippen LogP contribution in [0.15, 0.2) is 42.5 Å². The Bertz CT molecular complexity index is 605. The van der Waals surface area contributed by atoms with Gasteiger partial charge in [-0.05, 0) is 48.7 Å². The Morgan fingerprint density at radius 3 is 2.68 bits per heavy atom. The molecular formula is C16H18N2O. The Labute approximate surface area is 113 Å². The molecule has 0 spiro atoms. The Hall–Kier alpha value is -2.29. The molecule has 2 aromatic rings. The molecule has 0 aliphatic rings. The summed E-state index contributed by atoms with van der Waals surface area (Å²) >= 11 is 0. The molecule has 0 fully saturated rings. The lowest BCUT2D eigenvalue weighted by molar-refractivity contribution is 0.102. The summed E-state index contributed by atoms with van der Waals surface area (Å²) in [6.45, 7) is 3.94. The third-order valence-corrected chi connectivity index (χ3v) is 3.21. The largest absolute Gasteiger partial charge is 0.398 e. The van der Waals surface area contributed by atoms with Crippen molar-refractivity contribution in [3.63, 3.8) is 0 Å². The molecule has 2 rings (SSSR count). The maximum Gasteiger partial charge on any atom is 0.256 e. The number of carbonyl (C=O) groups excluding carboxylic acids is 1. The van der Waals surface area contributed by atoms with Gasteiger partial charge in [-0.1, -0.05) is 25.1 Å². The first-order valence-electron chi connectivity index (χ1n) is 6.37. The van der Waals surface area contributed by atoms with Gasteiger partial charge in [-0.3, -0.25) is 4.79 Å². The zero-order valence-corrected chi connectivity index (χ0v) is 11.2. The normalized spacial score (nSPS) is 10.2. The Morgan fingerprint density at radius 1 is 1.21 bits per heavy atom. The highest BCUT2D eigenvalue weighted by Crippen LogP contribution is 2.18. The number of benzene rings is 2. The second kappa shape index (κ2) is 5.57. The molecule has 0 aliphatic heterocycles. The van der Waals surface area contributed by atoms with Crippen LogP contribution in [0, 0.1) is 6.92 Å². The van der Waals surface area contributed by atoms with Crippen LogP contribution in [-0.2, 0) is 6.42 Å². The highest BCUT2D eigenvalue weighted by molar-refractivity contribution is 6.06. The lowest BCUT2D eigenvalue weighted by Gasteiger charge is -2.10. The molecule has 3 nitrogen and oxygen atoms in total. The number of hydrogen-bond donors (Lipinski definition) is 2. The van der Waals surface area contributed by atoms with Gasteiger partial charge in [-0.25, -0.2) is 0 Å². The van der Waals surface area contributed by atoms with Gasteiger partial charge in [0.25, 0.3) is 5.91 Å². The lowest BCUT2D eigenvalue weighted by Crippen LogP contribution is -2.14. The van der Waals surface area contributed by atoms with E-state index in [0.717, 1.165) is 17.7 Å².